The van der Waals surface area contributed by atoms with Crippen LogP contribution in [0.2, 0.25) is 0 Å². The highest BCUT2D eigenvalue weighted by Crippen LogP contribution is 2.22. The van der Waals surface area contributed by atoms with Gasteiger partial charge in [0.05, 0.1) is 23.2 Å². The van der Waals surface area contributed by atoms with Crippen molar-refractivity contribution in [2.24, 2.45) is 0 Å². The quantitative estimate of drug-likeness (QED) is 0.403. The van der Waals surface area contributed by atoms with Gasteiger partial charge in [-0.25, -0.2) is 4.98 Å². The van der Waals surface area contributed by atoms with Crippen molar-refractivity contribution in [2.75, 3.05) is 19.5 Å². The number of methoxy groups -OCH3 is 1. The summed E-state index contributed by atoms with van der Waals surface area (Å²) in [6.07, 6.45) is 0. The predicted molar refractivity (Wildman–Crippen MR) is 99.4 cm³/mol. The van der Waals surface area contributed by atoms with Gasteiger partial charge in [-0.1, -0.05) is 30.0 Å². The molecular weight excluding hydrogens is 320 g/mol. The fourth-order valence-corrected chi connectivity index (χ4v) is 3.65. The SMILES string of the molecule is COCCSc1nc2ccccc2c(=O)n1-c1cc(C)cc(C)c1. The van der Waals surface area contributed by atoms with Crippen molar-refractivity contribution >= 4 is 22.7 Å². The van der Waals surface area contributed by atoms with Crippen LogP contribution in [0.3, 0.4) is 0 Å². The average molecular weight is 340 g/mol. The van der Waals surface area contributed by atoms with E-state index >= 15 is 0 Å². The Labute approximate surface area is 145 Å². The number of para-hydroxylation sites is 1. The minimum absolute atomic E-state index is 0.0366. The monoisotopic (exact) mass is 340 g/mol. The van der Waals surface area contributed by atoms with Crippen molar-refractivity contribution in [3.63, 3.8) is 0 Å². The molecule has 0 unspecified atom stereocenters. The predicted octanol–water partition coefficient (Wildman–Crippen LogP) is 3.74. The van der Waals surface area contributed by atoms with Crippen LogP contribution in [0.4, 0.5) is 0 Å². The van der Waals surface area contributed by atoms with Crippen molar-refractivity contribution < 1.29 is 4.74 Å². The Morgan fingerprint density at radius 2 is 1.83 bits per heavy atom. The van der Waals surface area contributed by atoms with Crippen molar-refractivity contribution in [3.05, 3.63) is 63.9 Å². The molecule has 0 saturated heterocycles. The van der Waals surface area contributed by atoms with E-state index in [1.165, 1.54) is 11.8 Å². The maximum Gasteiger partial charge on any atom is 0.266 e. The smallest absolute Gasteiger partial charge is 0.266 e. The number of hydrogen-bond acceptors (Lipinski definition) is 4. The Morgan fingerprint density at radius 3 is 2.54 bits per heavy atom. The number of rotatable bonds is 5. The minimum atomic E-state index is -0.0366. The molecule has 5 heteroatoms. The Kier molecular flexibility index (Phi) is 5.02. The third-order valence-electron chi connectivity index (χ3n) is 3.73. The molecule has 0 fully saturated rings. The van der Waals surface area contributed by atoms with E-state index in [9.17, 15) is 4.79 Å². The standard InChI is InChI=1S/C19H20N2O2S/c1-13-10-14(2)12-15(11-13)21-18(22)16-6-4-5-7-17(16)20-19(21)24-9-8-23-3/h4-7,10-12H,8-9H2,1-3H3. The maximum atomic E-state index is 13.1. The fourth-order valence-electron chi connectivity index (χ4n) is 2.73. The summed E-state index contributed by atoms with van der Waals surface area (Å²) >= 11 is 1.53. The van der Waals surface area contributed by atoms with Gasteiger partial charge in [-0.3, -0.25) is 9.36 Å². The third kappa shape index (κ3) is 3.37. The van der Waals surface area contributed by atoms with E-state index in [1.807, 2.05) is 50.2 Å². The first-order valence-electron chi connectivity index (χ1n) is 7.82. The molecule has 4 nitrogen and oxygen atoms in total. The summed E-state index contributed by atoms with van der Waals surface area (Å²) in [6, 6.07) is 13.6. The van der Waals surface area contributed by atoms with Crippen molar-refractivity contribution in [3.8, 4) is 5.69 Å². The first-order valence-corrected chi connectivity index (χ1v) is 8.81. The molecule has 1 aromatic heterocycles. The molecule has 0 N–H and O–H groups in total. The zero-order chi connectivity index (χ0) is 17.1. The topological polar surface area (TPSA) is 44.1 Å². The van der Waals surface area contributed by atoms with Crippen LogP contribution in [0.1, 0.15) is 11.1 Å². The van der Waals surface area contributed by atoms with Gasteiger partial charge in [-0.05, 0) is 49.2 Å². The number of aromatic nitrogens is 2. The molecule has 0 aliphatic rings. The number of nitrogens with zero attached hydrogens (tertiary/aromatic N) is 2. The highest BCUT2D eigenvalue weighted by Gasteiger charge is 2.13. The summed E-state index contributed by atoms with van der Waals surface area (Å²) in [4.78, 5) is 17.8. The lowest BCUT2D eigenvalue weighted by atomic mass is 10.1. The number of aryl methyl sites for hydroxylation is 2. The molecule has 0 aliphatic heterocycles. The highest BCUT2D eigenvalue weighted by atomic mass is 32.2. The van der Waals surface area contributed by atoms with E-state index in [-0.39, 0.29) is 5.56 Å². The lowest BCUT2D eigenvalue weighted by Gasteiger charge is -2.14. The van der Waals surface area contributed by atoms with E-state index in [1.54, 1.807) is 11.7 Å². The van der Waals surface area contributed by atoms with Gasteiger partial charge in [-0.2, -0.15) is 0 Å². The second-order valence-corrected chi connectivity index (χ2v) is 6.80. The Bertz CT molecular complexity index is 914. The molecule has 24 heavy (non-hydrogen) atoms. The molecule has 0 atom stereocenters. The Hall–Kier alpha value is -2.11. The summed E-state index contributed by atoms with van der Waals surface area (Å²) < 4.78 is 6.84. The van der Waals surface area contributed by atoms with Gasteiger partial charge in [0.25, 0.3) is 5.56 Å². The number of ether oxygens (including phenoxy) is 1. The second kappa shape index (κ2) is 7.20. The zero-order valence-electron chi connectivity index (χ0n) is 14.1. The molecular formula is C19H20N2O2S. The molecule has 0 bridgehead atoms. The van der Waals surface area contributed by atoms with Gasteiger partial charge in [0.15, 0.2) is 5.16 Å². The van der Waals surface area contributed by atoms with E-state index in [4.69, 9.17) is 9.72 Å². The van der Waals surface area contributed by atoms with Gasteiger partial charge in [0, 0.05) is 12.9 Å². The number of fused-ring (bicyclic) bond motifs is 1. The third-order valence-corrected chi connectivity index (χ3v) is 4.63. The summed E-state index contributed by atoms with van der Waals surface area (Å²) in [5, 5.41) is 1.33. The van der Waals surface area contributed by atoms with Crippen LogP contribution >= 0.6 is 11.8 Å². The van der Waals surface area contributed by atoms with Crippen molar-refractivity contribution in [1.82, 2.24) is 9.55 Å². The molecule has 124 valence electrons. The van der Waals surface area contributed by atoms with Crippen LogP contribution in [0, 0.1) is 13.8 Å². The number of benzene rings is 2. The molecule has 2 aromatic carbocycles. The van der Waals surface area contributed by atoms with Crippen molar-refractivity contribution in [1.29, 1.82) is 0 Å². The number of hydrogen-bond donors (Lipinski definition) is 0. The van der Waals surface area contributed by atoms with Gasteiger partial charge in [0.1, 0.15) is 0 Å². The lowest BCUT2D eigenvalue weighted by Crippen LogP contribution is -2.22. The molecule has 1 heterocycles. The van der Waals surface area contributed by atoms with Gasteiger partial charge >= 0.3 is 0 Å². The molecule has 0 saturated carbocycles. The lowest BCUT2D eigenvalue weighted by molar-refractivity contribution is 0.218. The Balaban J connectivity index is 2.24. The molecule has 3 aromatic rings. The van der Waals surface area contributed by atoms with Crippen LogP contribution in [0.25, 0.3) is 16.6 Å². The summed E-state index contributed by atoms with van der Waals surface area (Å²) in [7, 11) is 1.67. The van der Waals surface area contributed by atoms with E-state index in [0.29, 0.717) is 17.1 Å². The molecule has 3 rings (SSSR count). The van der Waals surface area contributed by atoms with Gasteiger partial charge < -0.3 is 4.74 Å². The largest absolute Gasteiger partial charge is 0.384 e. The maximum absolute atomic E-state index is 13.1. The Morgan fingerprint density at radius 1 is 1.12 bits per heavy atom. The first-order chi connectivity index (χ1) is 11.6. The summed E-state index contributed by atoms with van der Waals surface area (Å²) in [5.74, 6) is 0.742. The summed E-state index contributed by atoms with van der Waals surface area (Å²) in [6.45, 7) is 4.68. The molecule has 0 spiro atoms. The van der Waals surface area contributed by atoms with Crippen LogP contribution in [-0.4, -0.2) is 29.0 Å². The summed E-state index contributed by atoms with van der Waals surface area (Å²) in [5.41, 5.74) is 3.79. The highest BCUT2D eigenvalue weighted by molar-refractivity contribution is 7.99. The molecule has 0 aliphatic carbocycles. The minimum Gasteiger partial charge on any atom is -0.384 e. The zero-order valence-corrected chi connectivity index (χ0v) is 14.9. The van der Waals surface area contributed by atoms with Crippen molar-refractivity contribution in [2.45, 2.75) is 19.0 Å². The average Bonchev–Trinajstić information content (AvgIpc) is 2.54. The molecule has 0 amide bonds. The van der Waals surface area contributed by atoms with E-state index in [2.05, 4.69) is 6.07 Å². The van der Waals surface area contributed by atoms with Crippen LogP contribution in [0.15, 0.2) is 52.4 Å². The van der Waals surface area contributed by atoms with Crippen LogP contribution < -0.4 is 5.56 Å². The molecule has 0 radical (unpaired) electrons. The normalized spacial score (nSPS) is 11.1. The van der Waals surface area contributed by atoms with Crippen LogP contribution in [-0.2, 0) is 4.74 Å². The van der Waals surface area contributed by atoms with Crippen LogP contribution in [0.5, 0.6) is 0 Å². The van der Waals surface area contributed by atoms with E-state index < -0.39 is 0 Å². The van der Waals surface area contributed by atoms with Gasteiger partial charge in [-0.15, -0.1) is 0 Å². The second-order valence-electron chi connectivity index (χ2n) is 5.74. The number of thioether (sulfide) groups is 1. The first kappa shape index (κ1) is 16.7. The fraction of sp³-hybridized carbons (Fsp3) is 0.263. The van der Waals surface area contributed by atoms with E-state index in [0.717, 1.165) is 28.1 Å². The van der Waals surface area contributed by atoms with Gasteiger partial charge in [0.2, 0.25) is 0 Å².